The maximum absolute atomic E-state index is 12.5. The Kier molecular flexibility index (Phi) is 5.15. The van der Waals surface area contributed by atoms with Crippen LogP contribution in [0.25, 0.3) is 10.2 Å². The standard InChI is InChI=1S/C20H17N3O3S2/c1-27-20-22-15-7-6-14(10-16(15)28-20)21-19(26)13-4-2-12(3-5-13)11-23-17(24)8-9-18(23)25/h2-7,10H,8-9,11H2,1H3,(H,21,26). The normalized spacial score (nSPS) is 14.1. The molecular weight excluding hydrogens is 394 g/mol. The van der Waals surface area contributed by atoms with E-state index in [0.717, 1.165) is 20.1 Å². The van der Waals surface area contributed by atoms with Crippen LogP contribution in [-0.2, 0) is 16.1 Å². The highest BCUT2D eigenvalue weighted by atomic mass is 32.2. The molecular formula is C20H17N3O3S2. The minimum absolute atomic E-state index is 0.144. The quantitative estimate of drug-likeness (QED) is 0.508. The van der Waals surface area contributed by atoms with E-state index < -0.39 is 0 Å². The summed E-state index contributed by atoms with van der Waals surface area (Å²) >= 11 is 3.19. The number of nitrogens with one attached hydrogen (secondary N) is 1. The summed E-state index contributed by atoms with van der Waals surface area (Å²) in [7, 11) is 0. The van der Waals surface area contributed by atoms with Gasteiger partial charge in [0.2, 0.25) is 11.8 Å². The number of hydrogen-bond donors (Lipinski definition) is 1. The Morgan fingerprint density at radius 3 is 2.54 bits per heavy atom. The average Bonchev–Trinajstić information content (AvgIpc) is 3.26. The topological polar surface area (TPSA) is 79.4 Å². The van der Waals surface area contributed by atoms with Gasteiger partial charge in [-0.1, -0.05) is 23.9 Å². The summed E-state index contributed by atoms with van der Waals surface area (Å²) in [6, 6.07) is 12.6. The Labute approximate surface area is 169 Å². The molecule has 0 aliphatic carbocycles. The molecule has 1 aliphatic heterocycles. The van der Waals surface area contributed by atoms with Crippen molar-refractivity contribution in [3.63, 3.8) is 0 Å². The Balaban J connectivity index is 1.44. The minimum atomic E-state index is -0.214. The van der Waals surface area contributed by atoms with Crippen LogP contribution in [0.15, 0.2) is 46.8 Å². The van der Waals surface area contributed by atoms with Crippen LogP contribution in [0.4, 0.5) is 5.69 Å². The van der Waals surface area contributed by atoms with Crippen molar-refractivity contribution in [2.24, 2.45) is 0 Å². The van der Waals surface area contributed by atoms with Crippen molar-refractivity contribution in [3.05, 3.63) is 53.6 Å². The van der Waals surface area contributed by atoms with Crippen molar-refractivity contribution >= 4 is 56.7 Å². The molecule has 2 aromatic carbocycles. The number of thioether (sulfide) groups is 1. The number of hydrogen-bond acceptors (Lipinski definition) is 6. The Morgan fingerprint density at radius 2 is 1.86 bits per heavy atom. The monoisotopic (exact) mass is 411 g/mol. The molecule has 0 atom stereocenters. The van der Waals surface area contributed by atoms with Crippen molar-refractivity contribution in [1.29, 1.82) is 0 Å². The zero-order chi connectivity index (χ0) is 19.7. The number of amides is 3. The molecule has 3 aromatic rings. The van der Waals surface area contributed by atoms with Crippen LogP contribution < -0.4 is 5.32 Å². The Hall–Kier alpha value is -2.71. The number of carbonyl (C=O) groups is 3. The molecule has 1 aromatic heterocycles. The van der Waals surface area contributed by atoms with Gasteiger partial charge in [0.25, 0.3) is 5.91 Å². The number of nitrogens with zero attached hydrogens (tertiary/aromatic N) is 2. The van der Waals surface area contributed by atoms with E-state index in [9.17, 15) is 14.4 Å². The predicted molar refractivity (Wildman–Crippen MR) is 111 cm³/mol. The molecule has 28 heavy (non-hydrogen) atoms. The van der Waals surface area contributed by atoms with Gasteiger partial charge in [-0.25, -0.2) is 4.98 Å². The number of likely N-dealkylation sites (tertiary alicyclic amines) is 1. The minimum Gasteiger partial charge on any atom is -0.322 e. The molecule has 1 aliphatic rings. The molecule has 4 rings (SSSR count). The molecule has 2 heterocycles. The van der Waals surface area contributed by atoms with Crippen LogP contribution in [0.3, 0.4) is 0 Å². The Bertz CT molecular complexity index is 1060. The van der Waals surface area contributed by atoms with Gasteiger partial charge < -0.3 is 5.32 Å². The molecule has 8 heteroatoms. The van der Waals surface area contributed by atoms with Gasteiger partial charge in [-0.2, -0.15) is 0 Å². The zero-order valence-electron chi connectivity index (χ0n) is 15.1. The summed E-state index contributed by atoms with van der Waals surface area (Å²) in [6.07, 6.45) is 2.54. The maximum atomic E-state index is 12.5. The van der Waals surface area contributed by atoms with Crippen molar-refractivity contribution in [2.45, 2.75) is 23.7 Å². The molecule has 0 radical (unpaired) electrons. The number of anilines is 1. The first-order valence-corrected chi connectivity index (χ1v) is 10.8. The van der Waals surface area contributed by atoms with Gasteiger partial charge in [0.05, 0.1) is 16.8 Å². The first kappa shape index (κ1) is 18.6. The number of benzene rings is 2. The summed E-state index contributed by atoms with van der Waals surface area (Å²) in [5.41, 5.74) is 2.96. The largest absolute Gasteiger partial charge is 0.322 e. The van der Waals surface area contributed by atoms with E-state index in [-0.39, 0.29) is 37.1 Å². The van der Waals surface area contributed by atoms with Gasteiger partial charge in [-0.05, 0) is 42.2 Å². The highest BCUT2D eigenvalue weighted by molar-refractivity contribution is 8.00. The highest BCUT2D eigenvalue weighted by Gasteiger charge is 2.28. The van der Waals surface area contributed by atoms with E-state index in [2.05, 4.69) is 10.3 Å². The molecule has 1 fully saturated rings. The zero-order valence-corrected chi connectivity index (χ0v) is 16.7. The number of carbonyl (C=O) groups excluding carboxylic acids is 3. The van der Waals surface area contributed by atoms with E-state index in [1.54, 1.807) is 47.4 Å². The fraction of sp³-hybridized carbons (Fsp3) is 0.200. The third-order valence-electron chi connectivity index (χ3n) is 4.51. The maximum Gasteiger partial charge on any atom is 0.255 e. The third-order valence-corrected chi connectivity index (χ3v) is 6.52. The van der Waals surface area contributed by atoms with Crippen LogP contribution in [0.2, 0.25) is 0 Å². The molecule has 6 nitrogen and oxygen atoms in total. The lowest BCUT2D eigenvalue weighted by atomic mass is 10.1. The van der Waals surface area contributed by atoms with Crippen LogP contribution in [0.5, 0.6) is 0 Å². The number of fused-ring (bicyclic) bond motifs is 1. The van der Waals surface area contributed by atoms with E-state index in [0.29, 0.717) is 11.3 Å². The molecule has 0 saturated carbocycles. The predicted octanol–water partition coefficient (Wildman–Crippen LogP) is 3.92. The van der Waals surface area contributed by atoms with Crippen LogP contribution >= 0.6 is 23.1 Å². The van der Waals surface area contributed by atoms with Gasteiger partial charge in [-0.15, -0.1) is 11.3 Å². The molecule has 0 bridgehead atoms. The van der Waals surface area contributed by atoms with Crippen molar-refractivity contribution < 1.29 is 14.4 Å². The second-order valence-corrected chi connectivity index (χ2v) is 8.48. The summed E-state index contributed by atoms with van der Waals surface area (Å²) in [5, 5.41) is 2.90. The molecule has 1 saturated heterocycles. The lowest BCUT2D eigenvalue weighted by molar-refractivity contribution is -0.139. The van der Waals surface area contributed by atoms with Crippen molar-refractivity contribution in [1.82, 2.24) is 9.88 Å². The summed E-state index contributed by atoms with van der Waals surface area (Å²) < 4.78 is 2.02. The number of aromatic nitrogens is 1. The molecule has 142 valence electrons. The fourth-order valence-corrected chi connectivity index (χ4v) is 4.54. The van der Waals surface area contributed by atoms with Crippen molar-refractivity contribution in [2.75, 3.05) is 11.6 Å². The molecule has 0 unspecified atom stereocenters. The highest BCUT2D eigenvalue weighted by Crippen LogP contribution is 2.30. The third kappa shape index (κ3) is 3.79. The van der Waals surface area contributed by atoms with Gasteiger partial charge in [0.15, 0.2) is 4.34 Å². The van der Waals surface area contributed by atoms with Crippen LogP contribution in [0, 0.1) is 0 Å². The smallest absolute Gasteiger partial charge is 0.255 e. The number of rotatable bonds is 5. The fourth-order valence-electron chi connectivity index (χ4n) is 3.02. The summed E-state index contributed by atoms with van der Waals surface area (Å²) in [5.74, 6) is -0.501. The second kappa shape index (κ2) is 7.73. The van der Waals surface area contributed by atoms with E-state index in [1.807, 2.05) is 24.5 Å². The lowest BCUT2D eigenvalue weighted by Gasteiger charge is -2.14. The van der Waals surface area contributed by atoms with E-state index in [1.165, 1.54) is 4.90 Å². The van der Waals surface area contributed by atoms with Crippen LogP contribution in [0.1, 0.15) is 28.8 Å². The first-order chi connectivity index (χ1) is 13.5. The number of thiazole rings is 1. The Morgan fingerprint density at radius 1 is 1.14 bits per heavy atom. The average molecular weight is 412 g/mol. The summed E-state index contributed by atoms with van der Waals surface area (Å²) in [4.78, 5) is 41.7. The van der Waals surface area contributed by atoms with Gasteiger partial charge in [0.1, 0.15) is 0 Å². The van der Waals surface area contributed by atoms with E-state index in [4.69, 9.17) is 0 Å². The SMILES string of the molecule is CSc1nc2ccc(NC(=O)c3ccc(CN4C(=O)CCC4=O)cc3)cc2s1. The first-order valence-electron chi connectivity index (χ1n) is 8.71. The van der Waals surface area contributed by atoms with Gasteiger partial charge in [-0.3, -0.25) is 19.3 Å². The second-order valence-electron chi connectivity index (χ2n) is 6.39. The molecule has 1 N–H and O–H groups in total. The summed E-state index contributed by atoms with van der Waals surface area (Å²) in [6.45, 7) is 0.249. The molecule has 3 amide bonds. The van der Waals surface area contributed by atoms with Crippen molar-refractivity contribution in [3.8, 4) is 0 Å². The van der Waals surface area contributed by atoms with Gasteiger partial charge >= 0.3 is 0 Å². The molecule has 0 spiro atoms. The lowest BCUT2D eigenvalue weighted by Crippen LogP contribution is -2.28. The van der Waals surface area contributed by atoms with E-state index >= 15 is 0 Å². The van der Waals surface area contributed by atoms with Crippen LogP contribution in [-0.4, -0.2) is 33.9 Å². The van der Waals surface area contributed by atoms with Gasteiger partial charge in [0, 0.05) is 24.1 Å². The number of imide groups is 1.